The Kier molecular flexibility index (Phi) is 5.24. The van der Waals surface area contributed by atoms with Gasteiger partial charge >= 0.3 is 0 Å². The van der Waals surface area contributed by atoms with Gasteiger partial charge in [0.25, 0.3) is 5.91 Å². The number of aryl methyl sites for hydroxylation is 1. The van der Waals surface area contributed by atoms with Crippen molar-refractivity contribution in [2.75, 3.05) is 31.1 Å². The molecule has 2 fully saturated rings. The molecule has 0 N–H and O–H groups in total. The Morgan fingerprint density at radius 3 is 2.14 bits per heavy atom. The lowest BCUT2D eigenvalue weighted by Crippen LogP contribution is -2.53. The van der Waals surface area contributed by atoms with Gasteiger partial charge in [-0.1, -0.05) is 36.4 Å². The monoisotopic (exact) mass is 413 g/mol. The fourth-order valence-corrected chi connectivity index (χ4v) is 5.41. The van der Waals surface area contributed by atoms with Crippen LogP contribution in [0, 0.1) is 6.92 Å². The lowest BCUT2D eigenvalue weighted by molar-refractivity contribution is -0.123. The molecule has 0 unspecified atom stereocenters. The average Bonchev–Trinajstić information content (AvgIpc) is 3.03. The second-order valence-corrected chi connectivity index (χ2v) is 9.26. The number of rotatable bonds is 4. The van der Waals surface area contributed by atoms with Crippen LogP contribution in [-0.4, -0.2) is 61.7 Å². The van der Waals surface area contributed by atoms with Crippen molar-refractivity contribution in [1.29, 1.82) is 0 Å². The molecule has 8 heteroatoms. The molecule has 0 aromatic heterocycles. The molecule has 152 valence electrons. The van der Waals surface area contributed by atoms with E-state index in [2.05, 4.69) is 0 Å². The highest BCUT2D eigenvalue weighted by Crippen LogP contribution is 2.29. The first-order valence-corrected chi connectivity index (χ1v) is 11.1. The number of carbonyl (C=O) groups is 2. The highest BCUT2D eigenvalue weighted by Gasteiger charge is 2.44. The van der Waals surface area contributed by atoms with E-state index >= 15 is 0 Å². The van der Waals surface area contributed by atoms with Crippen molar-refractivity contribution >= 4 is 27.5 Å². The van der Waals surface area contributed by atoms with Gasteiger partial charge in [-0.3, -0.25) is 14.5 Å². The molecule has 0 saturated carbocycles. The van der Waals surface area contributed by atoms with Crippen LogP contribution < -0.4 is 4.90 Å². The van der Waals surface area contributed by atoms with E-state index in [0.717, 1.165) is 5.56 Å². The Morgan fingerprint density at radius 2 is 1.48 bits per heavy atom. The fourth-order valence-electron chi connectivity index (χ4n) is 3.97. The van der Waals surface area contributed by atoms with Crippen LogP contribution in [0.2, 0.25) is 0 Å². The molecule has 2 aromatic rings. The lowest BCUT2D eigenvalue weighted by atomic mass is 10.1. The molecule has 4 rings (SSSR count). The summed E-state index contributed by atoms with van der Waals surface area (Å²) in [7, 11) is -3.55. The number of anilines is 1. The minimum absolute atomic E-state index is 0.124. The van der Waals surface area contributed by atoms with E-state index in [4.69, 9.17) is 0 Å². The lowest BCUT2D eigenvalue weighted by Gasteiger charge is -2.36. The minimum atomic E-state index is -3.55. The van der Waals surface area contributed by atoms with E-state index in [1.807, 2.05) is 30.0 Å². The van der Waals surface area contributed by atoms with Crippen molar-refractivity contribution in [2.45, 2.75) is 24.3 Å². The normalized spacial score (nSPS) is 21.7. The molecule has 2 aliphatic rings. The molecule has 2 aliphatic heterocycles. The van der Waals surface area contributed by atoms with E-state index in [0.29, 0.717) is 31.9 Å². The molecule has 2 saturated heterocycles. The molecule has 29 heavy (non-hydrogen) atoms. The smallest absolute Gasteiger partial charge is 0.251 e. The minimum Gasteiger partial charge on any atom is -0.289 e. The van der Waals surface area contributed by atoms with Gasteiger partial charge in [0.05, 0.1) is 23.0 Å². The molecule has 0 radical (unpaired) electrons. The van der Waals surface area contributed by atoms with Gasteiger partial charge in [-0.2, -0.15) is 4.31 Å². The maximum Gasteiger partial charge on any atom is 0.251 e. The molecular weight excluding hydrogens is 390 g/mol. The van der Waals surface area contributed by atoms with Gasteiger partial charge < -0.3 is 0 Å². The third kappa shape index (κ3) is 3.59. The zero-order valence-electron chi connectivity index (χ0n) is 16.2. The third-order valence-corrected chi connectivity index (χ3v) is 7.49. The van der Waals surface area contributed by atoms with E-state index in [-0.39, 0.29) is 23.1 Å². The van der Waals surface area contributed by atoms with Gasteiger partial charge in [-0.25, -0.2) is 13.3 Å². The van der Waals surface area contributed by atoms with E-state index in [9.17, 15) is 18.0 Å². The summed E-state index contributed by atoms with van der Waals surface area (Å²) in [5.41, 5.74) is 1.49. The number of benzene rings is 2. The number of piperazine rings is 1. The van der Waals surface area contributed by atoms with Crippen molar-refractivity contribution in [2.24, 2.45) is 0 Å². The first kappa shape index (κ1) is 19.8. The van der Waals surface area contributed by atoms with Crippen molar-refractivity contribution < 1.29 is 18.0 Å². The number of imide groups is 1. The van der Waals surface area contributed by atoms with E-state index in [1.54, 1.807) is 36.4 Å². The molecule has 0 spiro atoms. The van der Waals surface area contributed by atoms with Crippen LogP contribution in [0.15, 0.2) is 59.5 Å². The predicted molar refractivity (Wildman–Crippen MR) is 109 cm³/mol. The summed E-state index contributed by atoms with van der Waals surface area (Å²) in [5.74, 6) is -0.447. The number of nitrogens with zero attached hydrogens (tertiary/aromatic N) is 3. The molecular formula is C21H23N3O4S. The first-order chi connectivity index (χ1) is 13.9. The van der Waals surface area contributed by atoms with Crippen LogP contribution >= 0.6 is 0 Å². The molecule has 2 amide bonds. The highest BCUT2D eigenvalue weighted by atomic mass is 32.2. The van der Waals surface area contributed by atoms with Gasteiger partial charge in [0.1, 0.15) is 0 Å². The maximum atomic E-state index is 13.0. The summed E-state index contributed by atoms with van der Waals surface area (Å²) in [4.78, 5) is 29.0. The second-order valence-electron chi connectivity index (χ2n) is 7.33. The van der Waals surface area contributed by atoms with Crippen LogP contribution in [-0.2, 0) is 19.6 Å². The Labute approximate surface area is 170 Å². The van der Waals surface area contributed by atoms with Gasteiger partial charge in [-0.15, -0.1) is 0 Å². The van der Waals surface area contributed by atoms with Crippen molar-refractivity contribution in [3.63, 3.8) is 0 Å². The Bertz CT molecular complexity index is 1030. The average molecular weight is 413 g/mol. The standard InChI is InChI=1S/C21H23N3O4S/c1-16-7-5-6-10-18(16)24-20(25)15-19(21(24)26)22-11-13-23(14-12-22)29(27,28)17-8-3-2-4-9-17/h2-10,19H,11-15H2,1H3/t19-/m1/s1. The zero-order chi connectivity index (χ0) is 20.6. The Hall–Kier alpha value is -2.55. The number of carbonyl (C=O) groups excluding carboxylic acids is 2. The number of hydrogen-bond acceptors (Lipinski definition) is 5. The Morgan fingerprint density at radius 1 is 0.862 bits per heavy atom. The summed E-state index contributed by atoms with van der Waals surface area (Å²) >= 11 is 0. The Balaban J connectivity index is 1.46. The zero-order valence-corrected chi connectivity index (χ0v) is 17.0. The van der Waals surface area contributed by atoms with Gasteiger partial charge in [-0.05, 0) is 30.7 Å². The summed E-state index contributed by atoms with van der Waals surface area (Å²) < 4.78 is 27.0. The van der Waals surface area contributed by atoms with Crippen LogP contribution in [0.5, 0.6) is 0 Å². The molecule has 2 aromatic carbocycles. The van der Waals surface area contributed by atoms with Crippen molar-refractivity contribution in [3.05, 3.63) is 60.2 Å². The van der Waals surface area contributed by atoms with E-state index in [1.165, 1.54) is 9.21 Å². The van der Waals surface area contributed by atoms with Gasteiger partial charge in [0, 0.05) is 26.2 Å². The van der Waals surface area contributed by atoms with Crippen LogP contribution in [0.25, 0.3) is 0 Å². The maximum absolute atomic E-state index is 13.0. The topological polar surface area (TPSA) is 78.0 Å². The highest BCUT2D eigenvalue weighted by molar-refractivity contribution is 7.89. The molecule has 0 aliphatic carbocycles. The third-order valence-electron chi connectivity index (χ3n) is 5.57. The number of amides is 2. The van der Waals surface area contributed by atoms with Crippen molar-refractivity contribution in [1.82, 2.24) is 9.21 Å². The van der Waals surface area contributed by atoms with Crippen LogP contribution in [0.3, 0.4) is 0 Å². The summed E-state index contributed by atoms with van der Waals surface area (Å²) in [6.45, 7) is 3.28. The van der Waals surface area contributed by atoms with Crippen LogP contribution in [0.4, 0.5) is 5.69 Å². The van der Waals surface area contributed by atoms with Gasteiger partial charge in [0.2, 0.25) is 15.9 Å². The number of hydrogen-bond donors (Lipinski definition) is 0. The molecule has 0 bridgehead atoms. The first-order valence-electron chi connectivity index (χ1n) is 9.61. The van der Waals surface area contributed by atoms with Crippen LogP contribution in [0.1, 0.15) is 12.0 Å². The van der Waals surface area contributed by atoms with Gasteiger partial charge in [0.15, 0.2) is 0 Å². The predicted octanol–water partition coefficient (Wildman–Crippen LogP) is 1.63. The fraction of sp³-hybridized carbons (Fsp3) is 0.333. The summed E-state index contributed by atoms with van der Waals surface area (Å²) in [5, 5.41) is 0. The largest absolute Gasteiger partial charge is 0.289 e. The van der Waals surface area contributed by atoms with E-state index < -0.39 is 16.1 Å². The molecule has 2 heterocycles. The number of sulfonamides is 1. The SMILES string of the molecule is Cc1ccccc1N1C(=O)C[C@@H](N2CCN(S(=O)(=O)c3ccccc3)CC2)C1=O. The molecule has 7 nitrogen and oxygen atoms in total. The summed E-state index contributed by atoms with van der Waals surface area (Å²) in [6.07, 6.45) is 0.124. The number of para-hydroxylation sites is 1. The second kappa shape index (κ2) is 7.70. The van der Waals surface area contributed by atoms with Crippen molar-refractivity contribution in [3.8, 4) is 0 Å². The quantitative estimate of drug-likeness (QED) is 0.712. The summed E-state index contributed by atoms with van der Waals surface area (Å²) in [6, 6.07) is 15.1. The molecule has 1 atom stereocenters.